The van der Waals surface area contributed by atoms with E-state index in [0.29, 0.717) is 15.8 Å². The molecule has 8 heteroatoms. The molecular formula is C17H16FN3O3S. The third kappa shape index (κ3) is 3.53. The number of methoxy groups -OCH3 is 1. The lowest BCUT2D eigenvalue weighted by Crippen LogP contribution is -2.33. The van der Waals surface area contributed by atoms with E-state index in [2.05, 4.69) is 10.3 Å². The number of ether oxygens (including phenoxy) is 1. The van der Waals surface area contributed by atoms with Crippen LogP contribution in [0, 0.1) is 5.82 Å². The second-order valence-electron chi connectivity index (χ2n) is 5.50. The molecule has 6 nitrogen and oxygen atoms in total. The van der Waals surface area contributed by atoms with Gasteiger partial charge in [0.2, 0.25) is 5.91 Å². The van der Waals surface area contributed by atoms with Crippen LogP contribution in [0.3, 0.4) is 0 Å². The fourth-order valence-electron chi connectivity index (χ4n) is 2.48. The molecule has 0 aliphatic rings. The number of carbonyl (C=O) groups is 1. The van der Waals surface area contributed by atoms with Crippen molar-refractivity contribution in [1.29, 1.82) is 0 Å². The van der Waals surface area contributed by atoms with Gasteiger partial charge in [-0.05, 0) is 36.1 Å². The number of carbonyl (C=O) groups excluding carboxylic acids is 1. The van der Waals surface area contributed by atoms with Gasteiger partial charge in [0.25, 0.3) is 5.56 Å². The normalized spacial score (nSPS) is 12.1. The lowest BCUT2D eigenvalue weighted by molar-refractivity contribution is -0.122. The summed E-state index contributed by atoms with van der Waals surface area (Å²) in [6, 6.07) is 5.77. The molecule has 0 bridgehead atoms. The number of hydrogen-bond acceptors (Lipinski definition) is 5. The summed E-state index contributed by atoms with van der Waals surface area (Å²) in [5.41, 5.74) is 0.343. The Morgan fingerprint density at radius 1 is 1.44 bits per heavy atom. The topological polar surface area (TPSA) is 73.2 Å². The van der Waals surface area contributed by atoms with Gasteiger partial charge in [0.1, 0.15) is 11.4 Å². The summed E-state index contributed by atoms with van der Waals surface area (Å²) in [5.74, 6) is -0.712. The van der Waals surface area contributed by atoms with Crippen LogP contribution in [0.1, 0.15) is 18.5 Å². The van der Waals surface area contributed by atoms with Gasteiger partial charge in [0, 0.05) is 0 Å². The van der Waals surface area contributed by atoms with Gasteiger partial charge in [-0.2, -0.15) is 0 Å². The molecule has 2 aromatic heterocycles. The van der Waals surface area contributed by atoms with Crippen molar-refractivity contribution in [2.45, 2.75) is 19.5 Å². The molecule has 1 atom stereocenters. The van der Waals surface area contributed by atoms with Crippen LogP contribution in [-0.4, -0.2) is 22.6 Å². The van der Waals surface area contributed by atoms with E-state index >= 15 is 0 Å². The summed E-state index contributed by atoms with van der Waals surface area (Å²) in [6.07, 6.45) is 1.36. The van der Waals surface area contributed by atoms with Gasteiger partial charge >= 0.3 is 0 Å². The molecule has 0 fully saturated rings. The van der Waals surface area contributed by atoms with E-state index in [-0.39, 0.29) is 23.8 Å². The molecule has 0 unspecified atom stereocenters. The zero-order valence-electron chi connectivity index (χ0n) is 13.7. The average molecular weight is 361 g/mol. The Labute approximate surface area is 146 Å². The first-order valence-electron chi connectivity index (χ1n) is 7.55. The molecule has 25 heavy (non-hydrogen) atoms. The molecule has 0 aliphatic carbocycles. The summed E-state index contributed by atoms with van der Waals surface area (Å²) >= 11 is 1.37. The van der Waals surface area contributed by atoms with Crippen LogP contribution < -0.4 is 15.6 Å². The maximum atomic E-state index is 13.8. The van der Waals surface area contributed by atoms with Crippen LogP contribution in [0.5, 0.6) is 5.75 Å². The second kappa shape index (κ2) is 7.02. The fraction of sp³-hybridized carbons (Fsp3) is 0.235. The number of rotatable bonds is 5. The van der Waals surface area contributed by atoms with Crippen LogP contribution in [0.15, 0.2) is 40.8 Å². The number of aromatic nitrogens is 2. The van der Waals surface area contributed by atoms with Gasteiger partial charge in [-0.3, -0.25) is 14.2 Å². The lowest BCUT2D eigenvalue weighted by Gasteiger charge is -2.15. The van der Waals surface area contributed by atoms with E-state index in [4.69, 9.17) is 4.74 Å². The number of amides is 1. The maximum Gasteiger partial charge on any atom is 0.262 e. The minimum absolute atomic E-state index is 0.143. The summed E-state index contributed by atoms with van der Waals surface area (Å²) in [4.78, 5) is 29.3. The molecule has 0 saturated heterocycles. The highest BCUT2D eigenvalue weighted by Crippen LogP contribution is 2.21. The highest BCUT2D eigenvalue weighted by atomic mass is 32.1. The monoisotopic (exact) mass is 361 g/mol. The van der Waals surface area contributed by atoms with Gasteiger partial charge < -0.3 is 10.1 Å². The number of nitrogens with one attached hydrogen (secondary N) is 1. The highest BCUT2D eigenvalue weighted by molar-refractivity contribution is 7.16. The van der Waals surface area contributed by atoms with Gasteiger partial charge in [-0.1, -0.05) is 6.07 Å². The zero-order chi connectivity index (χ0) is 18.0. The molecule has 130 valence electrons. The zero-order valence-corrected chi connectivity index (χ0v) is 14.5. The smallest absolute Gasteiger partial charge is 0.262 e. The maximum absolute atomic E-state index is 13.8. The van der Waals surface area contributed by atoms with Crippen LogP contribution in [0.2, 0.25) is 0 Å². The minimum Gasteiger partial charge on any atom is -0.494 e. The van der Waals surface area contributed by atoms with Crippen molar-refractivity contribution in [3.63, 3.8) is 0 Å². The molecule has 1 aromatic carbocycles. The number of nitrogens with zero attached hydrogens (tertiary/aromatic N) is 2. The molecule has 1 amide bonds. The molecule has 0 radical (unpaired) electrons. The predicted molar refractivity (Wildman–Crippen MR) is 93.4 cm³/mol. The molecule has 0 aliphatic heterocycles. The first-order valence-corrected chi connectivity index (χ1v) is 8.43. The molecular weight excluding hydrogens is 345 g/mol. The Bertz CT molecular complexity index is 983. The minimum atomic E-state index is -0.496. The Balaban J connectivity index is 1.72. The van der Waals surface area contributed by atoms with E-state index in [9.17, 15) is 14.0 Å². The summed E-state index contributed by atoms with van der Waals surface area (Å²) < 4.78 is 19.9. The lowest BCUT2D eigenvalue weighted by atomic mass is 10.1. The van der Waals surface area contributed by atoms with Crippen molar-refractivity contribution in [2.75, 3.05) is 7.11 Å². The first kappa shape index (κ1) is 17.1. The van der Waals surface area contributed by atoms with Crippen molar-refractivity contribution >= 4 is 27.5 Å². The second-order valence-corrected chi connectivity index (χ2v) is 6.39. The van der Waals surface area contributed by atoms with E-state index in [0.717, 1.165) is 0 Å². The van der Waals surface area contributed by atoms with Gasteiger partial charge in [-0.25, -0.2) is 9.37 Å². The molecule has 0 saturated carbocycles. The van der Waals surface area contributed by atoms with Crippen LogP contribution >= 0.6 is 11.3 Å². The largest absolute Gasteiger partial charge is 0.494 e. The molecule has 3 rings (SSSR count). The SMILES string of the molecule is COc1ccc([C@@H](C)NC(=O)Cn2cnc3sccc3c2=O)cc1F. The van der Waals surface area contributed by atoms with Crippen molar-refractivity contribution in [2.24, 2.45) is 0 Å². The Morgan fingerprint density at radius 3 is 2.96 bits per heavy atom. The van der Waals surface area contributed by atoms with Crippen molar-refractivity contribution in [3.05, 3.63) is 57.7 Å². The van der Waals surface area contributed by atoms with Gasteiger partial charge in [-0.15, -0.1) is 11.3 Å². The summed E-state index contributed by atoms with van der Waals surface area (Å²) in [5, 5.41) is 5.02. The Morgan fingerprint density at radius 2 is 2.24 bits per heavy atom. The number of benzene rings is 1. The van der Waals surface area contributed by atoms with E-state index in [1.807, 2.05) is 0 Å². The first-order chi connectivity index (χ1) is 12.0. The van der Waals surface area contributed by atoms with Crippen molar-refractivity contribution in [3.8, 4) is 5.75 Å². The number of fused-ring (bicyclic) bond motifs is 1. The predicted octanol–water partition coefficient (Wildman–Crippen LogP) is 2.48. The third-order valence-corrected chi connectivity index (χ3v) is 4.64. The Hall–Kier alpha value is -2.74. The van der Waals surface area contributed by atoms with E-state index in [1.54, 1.807) is 24.4 Å². The molecule has 0 spiro atoms. The van der Waals surface area contributed by atoms with Crippen LogP contribution in [0.4, 0.5) is 4.39 Å². The average Bonchev–Trinajstić information content (AvgIpc) is 3.06. The van der Waals surface area contributed by atoms with Gasteiger partial charge in [0.15, 0.2) is 11.6 Å². The van der Waals surface area contributed by atoms with Crippen LogP contribution in [-0.2, 0) is 11.3 Å². The van der Waals surface area contributed by atoms with E-state index in [1.165, 1.54) is 41.5 Å². The Kier molecular flexibility index (Phi) is 4.80. The van der Waals surface area contributed by atoms with Crippen molar-refractivity contribution < 1.29 is 13.9 Å². The molecule has 3 aromatic rings. The molecule has 1 N–H and O–H groups in total. The summed E-state index contributed by atoms with van der Waals surface area (Å²) in [7, 11) is 1.39. The number of thiophene rings is 1. The highest BCUT2D eigenvalue weighted by Gasteiger charge is 2.14. The number of hydrogen-bond donors (Lipinski definition) is 1. The third-order valence-electron chi connectivity index (χ3n) is 3.82. The number of halogens is 1. The quantitative estimate of drug-likeness (QED) is 0.758. The standard InChI is InChI=1S/C17H16FN3O3S/c1-10(11-3-4-14(24-2)13(18)7-11)20-15(22)8-21-9-19-16-12(17(21)23)5-6-25-16/h3-7,9-10H,8H2,1-2H3,(H,20,22)/t10-/m1/s1. The fourth-order valence-corrected chi connectivity index (χ4v) is 3.21. The van der Waals surface area contributed by atoms with E-state index < -0.39 is 11.9 Å². The van der Waals surface area contributed by atoms with Crippen LogP contribution in [0.25, 0.3) is 10.2 Å². The molecule has 2 heterocycles. The van der Waals surface area contributed by atoms with Crippen molar-refractivity contribution in [1.82, 2.24) is 14.9 Å². The summed E-state index contributed by atoms with van der Waals surface area (Å²) in [6.45, 7) is 1.59. The van der Waals surface area contributed by atoms with Gasteiger partial charge in [0.05, 0.1) is 24.9 Å².